The number of carbonyl (C=O) groups is 1. The van der Waals surface area contributed by atoms with E-state index in [1.54, 1.807) is 24.3 Å². The summed E-state index contributed by atoms with van der Waals surface area (Å²) >= 11 is 11.1. The minimum absolute atomic E-state index is 0. The van der Waals surface area contributed by atoms with Crippen molar-refractivity contribution in [2.75, 3.05) is 17.8 Å². The van der Waals surface area contributed by atoms with E-state index in [9.17, 15) is 4.79 Å². The number of hydrogen-bond acceptors (Lipinski definition) is 2. The molecule has 3 nitrogen and oxygen atoms in total. The van der Waals surface area contributed by atoms with Crippen molar-refractivity contribution in [1.29, 1.82) is 0 Å². The van der Waals surface area contributed by atoms with Crippen LogP contribution in [0.25, 0.3) is 0 Å². The van der Waals surface area contributed by atoms with E-state index in [0.717, 1.165) is 0 Å². The van der Waals surface area contributed by atoms with Gasteiger partial charge in [-0.1, -0.05) is 29.5 Å². The maximum absolute atomic E-state index is 11.2. The molecule has 0 radical (unpaired) electrons. The molecule has 1 N–H and O–H groups in total. The summed E-state index contributed by atoms with van der Waals surface area (Å²) in [5.74, 6) is 5.36. The minimum atomic E-state index is -0.578. The van der Waals surface area contributed by atoms with Crippen molar-refractivity contribution in [3.8, 4) is 11.8 Å². The van der Waals surface area contributed by atoms with E-state index >= 15 is 0 Å². The Hall–Kier alpha value is -0.370. The van der Waals surface area contributed by atoms with Gasteiger partial charge in [-0.2, -0.15) is 0 Å². The van der Waals surface area contributed by atoms with Gasteiger partial charge in [0.15, 0.2) is 6.61 Å². The molecular formula is C11H10Cl2NNaO2. The van der Waals surface area contributed by atoms with Crippen molar-refractivity contribution in [2.24, 2.45) is 0 Å². The van der Waals surface area contributed by atoms with E-state index in [1.165, 1.54) is 0 Å². The number of carbonyl (C=O) groups excluding carboxylic acids is 1. The van der Waals surface area contributed by atoms with Crippen molar-refractivity contribution in [3.05, 3.63) is 29.3 Å². The second-order valence-electron chi connectivity index (χ2n) is 2.70. The third kappa shape index (κ3) is 7.54. The van der Waals surface area contributed by atoms with Gasteiger partial charge in [0.1, 0.15) is 0 Å². The fourth-order valence-corrected chi connectivity index (χ4v) is 1.20. The number of rotatable bonds is 2. The summed E-state index contributed by atoms with van der Waals surface area (Å²) in [6, 6.07) is 6.76. The fourth-order valence-electron chi connectivity index (χ4n) is 0.920. The van der Waals surface area contributed by atoms with Crippen LogP contribution in [0.1, 0.15) is 1.43 Å². The second-order valence-corrected chi connectivity index (χ2v) is 3.40. The molecule has 0 saturated carbocycles. The Balaban J connectivity index is 0. The predicted molar refractivity (Wildman–Crippen MR) is 66.0 cm³/mol. The van der Waals surface area contributed by atoms with Crippen LogP contribution >= 0.6 is 23.2 Å². The zero-order valence-corrected chi connectivity index (χ0v) is 12.8. The number of nitrogens with one attached hydrogen (secondary N) is 1. The number of benzene rings is 1. The van der Waals surface area contributed by atoms with Gasteiger partial charge in [-0.25, -0.2) is 4.79 Å². The van der Waals surface area contributed by atoms with E-state index in [4.69, 9.17) is 27.9 Å². The van der Waals surface area contributed by atoms with Crippen LogP contribution in [-0.2, 0) is 4.74 Å². The molecule has 1 amide bonds. The SMILES string of the molecule is O=C(Nc1cccc(Cl)c1)OCC#CCCl.[H-].[Na+]. The summed E-state index contributed by atoms with van der Waals surface area (Å²) < 4.78 is 4.76. The zero-order chi connectivity index (χ0) is 11.8. The number of anilines is 1. The smallest absolute Gasteiger partial charge is 1.00 e. The quantitative estimate of drug-likeness (QED) is 0.479. The minimum Gasteiger partial charge on any atom is -1.00 e. The van der Waals surface area contributed by atoms with Crippen LogP contribution in [0.5, 0.6) is 0 Å². The van der Waals surface area contributed by atoms with Gasteiger partial charge in [-0.3, -0.25) is 5.32 Å². The molecule has 0 atom stereocenters. The van der Waals surface area contributed by atoms with Gasteiger partial charge >= 0.3 is 35.7 Å². The summed E-state index contributed by atoms with van der Waals surface area (Å²) in [5.41, 5.74) is 0.572. The number of hydrogen-bond donors (Lipinski definition) is 1. The normalized spacial score (nSPS) is 8.35. The Morgan fingerprint density at radius 2 is 2.24 bits per heavy atom. The van der Waals surface area contributed by atoms with Crippen LogP contribution < -0.4 is 34.9 Å². The largest absolute Gasteiger partial charge is 1.00 e. The molecule has 0 aliphatic rings. The van der Waals surface area contributed by atoms with Gasteiger partial charge in [0.05, 0.1) is 5.88 Å². The predicted octanol–water partition coefficient (Wildman–Crippen LogP) is 0.247. The average Bonchev–Trinajstić information content (AvgIpc) is 2.24. The molecule has 0 unspecified atom stereocenters. The second kappa shape index (κ2) is 9.64. The molecule has 0 saturated heterocycles. The van der Waals surface area contributed by atoms with Gasteiger partial charge in [-0.05, 0) is 18.2 Å². The summed E-state index contributed by atoms with van der Waals surface area (Å²) in [6.07, 6.45) is -0.578. The van der Waals surface area contributed by atoms with E-state index in [2.05, 4.69) is 17.2 Å². The molecule has 0 fully saturated rings. The fraction of sp³-hybridized carbons (Fsp3) is 0.182. The Morgan fingerprint density at radius 1 is 1.47 bits per heavy atom. The summed E-state index contributed by atoms with van der Waals surface area (Å²) in [4.78, 5) is 11.2. The Morgan fingerprint density at radius 3 is 2.88 bits per heavy atom. The maximum atomic E-state index is 11.2. The Labute approximate surface area is 134 Å². The van der Waals surface area contributed by atoms with Gasteiger partial charge < -0.3 is 6.16 Å². The molecule has 86 valence electrons. The molecular weight excluding hydrogens is 272 g/mol. The van der Waals surface area contributed by atoms with Crippen LogP contribution in [0.15, 0.2) is 24.3 Å². The van der Waals surface area contributed by atoms with Crippen LogP contribution in [0.3, 0.4) is 0 Å². The first kappa shape index (κ1) is 16.6. The molecule has 0 aromatic heterocycles. The molecule has 0 spiro atoms. The van der Waals surface area contributed by atoms with Gasteiger partial charge in [0.2, 0.25) is 0 Å². The number of amides is 1. The Bertz CT molecular complexity index is 435. The molecule has 17 heavy (non-hydrogen) atoms. The number of ether oxygens (including phenoxy) is 1. The molecule has 0 heterocycles. The first-order chi connectivity index (χ1) is 7.72. The van der Waals surface area contributed by atoms with E-state index in [0.29, 0.717) is 10.7 Å². The monoisotopic (exact) mass is 281 g/mol. The molecule has 6 heteroatoms. The first-order valence-electron chi connectivity index (χ1n) is 4.43. The number of halogens is 2. The molecule has 0 aliphatic heterocycles. The van der Waals surface area contributed by atoms with Gasteiger partial charge in [0.25, 0.3) is 0 Å². The van der Waals surface area contributed by atoms with Crippen molar-refractivity contribution < 1.29 is 40.5 Å². The zero-order valence-electron chi connectivity index (χ0n) is 10.3. The van der Waals surface area contributed by atoms with Crippen molar-refractivity contribution in [3.63, 3.8) is 0 Å². The molecule has 1 aromatic carbocycles. The van der Waals surface area contributed by atoms with Crippen molar-refractivity contribution in [1.82, 2.24) is 0 Å². The van der Waals surface area contributed by atoms with Crippen molar-refractivity contribution >= 4 is 35.0 Å². The van der Waals surface area contributed by atoms with E-state index in [-0.39, 0.29) is 43.5 Å². The van der Waals surface area contributed by atoms with Crippen LogP contribution in [0.4, 0.5) is 10.5 Å². The topological polar surface area (TPSA) is 38.3 Å². The third-order valence-electron chi connectivity index (χ3n) is 1.54. The Kier molecular flexibility index (Phi) is 9.43. The van der Waals surface area contributed by atoms with Crippen molar-refractivity contribution in [2.45, 2.75) is 0 Å². The van der Waals surface area contributed by atoms with Gasteiger partial charge in [0, 0.05) is 10.7 Å². The summed E-state index contributed by atoms with van der Waals surface area (Å²) in [6.45, 7) is 0.0130. The maximum Gasteiger partial charge on any atom is 1.00 e. The van der Waals surface area contributed by atoms with Crippen LogP contribution in [0, 0.1) is 11.8 Å². The molecule has 0 aliphatic carbocycles. The molecule has 1 aromatic rings. The third-order valence-corrected chi connectivity index (χ3v) is 1.91. The van der Waals surface area contributed by atoms with Crippen LogP contribution in [-0.4, -0.2) is 18.6 Å². The summed E-state index contributed by atoms with van der Waals surface area (Å²) in [7, 11) is 0. The standard InChI is InChI=1S/C11H9Cl2NO2.Na.H/c12-6-1-2-7-16-11(15)14-10-5-3-4-9(13)8-10;;/h3-5,8H,6-7H2,(H,14,15);;/q;+1;-1. The average molecular weight is 282 g/mol. The summed E-state index contributed by atoms with van der Waals surface area (Å²) in [5, 5.41) is 3.05. The van der Waals surface area contributed by atoms with E-state index in [1.807, 2.05) is 0 Å². The van der Waals surface area contributed by atoms with Gasteiger partial charge in [-0.15, -0.1) is 11.6 Å². The molecule has 0 bridgehead atoms. The number of alkyl halides is 1. The molecule has 1 rings (SSSR count). The van der Waals surface area contributed by atoms with E-state index < -0.39 is 6.09 Å². The van der Waals surface area contributed by atoms with Crippen LogP contribution in [0.2, 0.25) is 5.02 Å². The first-order valence-corrected chi connectivity index (χ1v) is 5.34.